The molecule has 1 aromatic heterocycles. The molecule has 8 nitrogen and oxygen atoms in total. The van der Waals surface area contributed by atoms with Crippen molar-refractivity contribution in [1.82, 2.24) is 10.5 Å². The maximum absolute atomic E-state index is 12.6. The highest BCUT2D eigenvalue weighted by Gasteiger charge is 2.31. The second-order valence-corrected chi connectivity index (χ2v) is 5.42. The van der Waals surface area contributed by atoms with Crippen LogP contribution in [0.1, 0.15) is 5.56 Å². The summed E-state index contributed by atoms with van der Waals surface area (Å²) in [5.41, 5.74) is 1.24. The van der Waals surface area contributed by atoms with Gasteiger partial charge in [0.05, 0.1) is 23.3 Å². The van der Waals surface area contributed by atoms with Gasteiger partial charge < -0.3 is 4.74 Å². The average Bonchev–Trinajstić information content (AvgIpc) is 2.63. The first-order chi connectivity index (χ1) is 13.2. The molecule has 148 valence electrons. The van der Waals surface area contributed by atoms with E-state index in [1.807, 2.05) is 0 Å². The van der Waals surface area contributed by atoms with Crippen LogP contribution in [0.5, 0.6) is 11.6 Å². The number of pyridine rings is 1. The molecule has 0 aliphatic rings. The molecular formula is C16H12ClF3N4O4. The van der Waals surface area contributed by atoms with Gasteiger partial charge in [0.15, 0.2) is 0 Å². The zero-order valence-corrected chi connectivity index (χ0v) is 14.9. The third-order valence-corrected chi connectivity index (χ3v) is 3.34. The monoisotopic (exact) mass is 416 g/mol. The van der Waals surface area contributed by atoms with Crippen molar-refractivity contribution < 1.29 is 27.7 Å². The fraction of sp³-hybridized carbons (Fsp3) is 0.125. The molecule has 0 spiro atoms. The number of aliphatic imine (C=N–C) groups is 1. The molecule has 0 saturated carbocycles. The lowest BCUT2D eigenvalue weighted by atomic mass is 10.3. The predicted octanol–water partition coefficient (Wildman–Crippen LogP) is 4.52. The molecular weight excluding hydrogens is 405 g/mol. The number of nitrogens with zero attached hydrogens (tertiary/aromatic N) is 3. The van der Waals surface area contributed by atoms with Crippen molar-refractivity contribution in [3.05, 3.63) is 69.1 Å². The van der Waals surface area contributed by atoms with Crippen molar-refractivity contribution in [3.8, 4) is 11.6 Å². The Morgan fingerprint density at radius 1 is 1.36 bits per heavy atom. The lowest BCUT2D eigenvalue weighted by Gasteiger charge is -2.10. The molecule has 28 heavy (non-hydrogen) atoms. The Kier molecular flexibility index (Phi) is 6.90. The van der Waals surface area contributed by atoms with Gasteiger partial charge in [0.1, 0.15) is 23.2 Å². The molecule has 1 N–H and O–H groups in total. The largest absolute Gasteiger partial charge is 0.438 e. The Labute approximate surface area is 161 Å². The number of nitrogens with one attached hydrogen (secondary N) is 1. The van der Waals surface area contributed by atoms with Crippen molar-refractivity contribution in [2.45, 2.75) is 6.18 Å². The van der Waals surface area contributed by atoms with Crippen LogP contribution in [-0.2, 0) is 11.0 Å². The smallest absolute Gasteiger partial charge is 0.417 e. The molecule has 2 rings (SSSR count). The molecule has 0 aliphatic heterocycles. The number of aromatic nitrogens is 1. The van der Waals surface area contributed by atoms with Gasteiger partial charge in [-0.25, -0.2) is 9.98 Å². The molecule has 0 fully saturated rings. The van der Waals surface area contributed by atoms with Crippen molar-refractivity contribution in [3.63, 3.8) is 0 Å². The van der Waals surface area contributed by atoms with E-state index in [-0.39, 0.29) is 22.3 Å². The van der Waals surface area contributed by atoms with Crippen LogP contribution in [0.25, 0.3) is 0 Å². The lowest BCUT2D eigenvalue weighted by molar-refractivity contribution is -0.415. The number of rotatable bonds is 7. The predicted molar refractivity (Wildman–Crippen MR) is 94.1 cm³/mol. The molecule has 12 heteroatoms. The molecule has 0 amide bonds. The minimum Gasteiger partial charge on any atom is -0.438 e. The van der Waals surface area contributed by atoms with Crippen LogP contribution >= 0.6 is 11.6 Å². The Morgan fingerprint density at radius 2 is 2.04 bits per heavy atom. The van der Waals surface area contributed by atoms with E-state index in [2.05, 4.69) is 20.3 Å². The summed E-state index contributed by atoms with van der Waals surface area (Å²) in [5, 5.41) is 10.5. The Morgan fingerprint density at radius 3 is 2.57 bits per heavy atom. The molecule has 0 unspecified atom stereocenters. The lowest BCUT2D eigenvalue weighted by Crippen LogP contribution is -2.08. The summed E-state index contributed by atoms with van der Waals surface area (Å²) in [4.78, 5) is 22.2. The van der Waals surface area contributed by atoms with Gasteiger partial charge >= 0.3 is 11.9 Å². The molecule has 0 saturated heterocycles. The summed E-state index contributed by atoms with van der Waals surface area (Å²) in [6.07, 6.45) is -1.93. The van der Waals surface area contributed by atoms with Gasteiger partial charge in [-0.3, -0.25) is 20.4 Å². The van der Waals surface area contributed by atoms with Crippen molar-refractivity contribution in [2.75, 3.05) is 7.11 Å². The van der Waals surface area contributed by atoms with Crippen LogP contribution in [-0.4, -0.2) is 23.2 Å². The Balaban J connectivity index is 2.11. The SMILES string of the molecule is CON/C=C(/C=Nc1ccc(Oc2ncc(C(F)(F)F)cc2Cl)cc1)[N+](=O)[O-]. The molecule has 1 aromatic carbocycles. The van der Waals surface area contributed by atoms with E-state index in [1.165, 1.54) is 31.4 Å². The van der Waals surface area contributed by atoms with E-state index >= 15 is 0 Å². The number of halogens is 4. The second-order valence-electron chi connectivity index (χ2n) is 5.01. The first-order valence-corrected chi connectivity index (χ1v) is 7.76. The van der Waals surface area contributed by atoms with Gasteiger partial charge in [0.25, 0.3) is 0 Å². The van der Waals surface area contributed by atoms with Gasteiger partial charge in [0, 0.05) is 6.20 Å². The molecule has 1 heterocycles. The highest BCUT2D eigenvalue weighted by atomic mass is 35.5. The highest BCUT2D eigenvalue weighted by Crippen LogP contribution is 2.34. The maximum atomic E-state index is 12.6. The van der Waals surface area contributed by atoms with E-state index in [0.29, 0.717) is 18.0 Å². The standard InChI is InChI=1S/C16H12ClF3N4O4/c1-27-23-9-12(24(25)26)8-21-11-2-4-13(5-3-11)28-15-14(17)6-10(7-22-15)16(18,19)20/h2-9,23H,1H3/b12-9-,21-8?. The molecule has 0 atom stereocenters. The minimum absolute atomic E-state index is 0.199. The first-order valence-electron chi connectivity index (χ1n) is 7.38. The van der Waals surface area contributed by atoms with Crippen LogP contribution in [0.4, 0.5) is 18.9 Å². The Bertz CT molecular complexity index is 902. The number of nitro groups is 1. The van der Waals surface area contributed by atoms with E-state index in [1.54, 1.807) is 0 Å². The zero-order chi connectivity index (χ0) is 20.7. The van der Waals surface area contributed by atoms with E-state index in [9.17, 15) is 23.3 Å². The van der Waals surface area contributed by atoms with Crippen LogP contribution in [0.2, 0.25) is 5.02 Å². The fourth-order valence-corrected chi connectivity index (χ4v) is 1.97. The van der Waals surface area contributed by atoms with Gasteiger partial charge in [-0.15, -0.1) is 0 Å². The number of hydrogen-bond acceptors (Lipinski definition) is 7. The molecule has 0 radical (unpaired) electrons. The van der Waals surface area contributed by atoms with Crippen LogP contribution in [0, 0.1) is 10.1 Å². The van der Waals surface area contributed by atoms with Crippen molar-refractivity contribution >= 4 is 23.5 Å². The molecule has 2 aromatic rings. The molecule has 0 bridgehead atoms. The van der Waals surface area contributed by atoms with E-state index in [0.717, 1.165) is 12.4 Å². The second kappa shape index (κ2) is 9.15. The number of hydroxylamine groups is 1. The van der Waals surface area contributed by atoms with Crippen molar-refractivity contribution in [2.24, 2.45) is 4.99 Å². The van der Waals surface area contributed by atoms with Gasteiger partial charge in [-0.1, -0.05) is 11.6 Å². The highest BCUT2D eigenvalue weighted by molar-refractivity contribution is 6.31. The van der Waals surface area contributed by atoms with Crippen LogP contribution in [0.15, 0.2) is 53.4 Å². The summed E-state index contributed by atoms with van der Waals surface area (Å²) in [5.74, 6) is 0.0364. The molecule has 0 aliphatic carbocycles. The number of allylic oxidation sites excluding steroid dienone is 1. The minimum atomic E-state index is -4.56. The number of alkyl halides is 3. The summed E-state index contributed by atoms with van der Waals surface area (Å²) in [6, 6.07) is 6.56. The summed E-state index contributed by atoms with van der Waals surface area (Å²) >= 11 is 5.78. The topological polar surface area (TPSA) is 98.9 Å². The normalized spacial score (nSPS) is 12.2. The quantitative estimate of drug-likeness (QED) is 0.405. The first kappa shape index (κ1) is 21.1. The van der Waals surface area contributed by atoms with E-state index < -0.39 is 16.7 Å². The van der Waals surface area contributed by atoms with E-state index in [4.69, 9.17) is 16.3 Å². The van der Waals surface area contributed by atoms with Gasteiger partial charge in [-0.2, -0.15) is 13.2 Å². The van der Waals surface area contributed by atoms with Gasteiger partial charge in [0.2, 0.25) is 5.88 Å². The third-order valence-electron chi connectivity index (χ3n) is 3.07. The van der Waals surface area contributed by atoms with Crippen LogP contribution in [0.3, 0.4) is 0 Å². The zero-order valence-electron chi connectivity index (χ0n) is 14.1. The number of benzene rings is 1. The number of hydrogen-bond donors (Lipinski definition) is 1. The Hall–Kier alpha value is -3.18. The fourth-order valence-electron chi connectivity index (χ4n) is 1.76. The maximum Gasteiger partial charge on any atom is 0.417 e. The third kappa shape index (κ3) is 5.93. The number of ether oxygens (including phenoxy) is 1. The summed E-state index contributed by atoms with van der Waals surface area (Å²) in [7, 11) is 1.29. The van der Waals surface area contributed by atoms with Gasteiger partial charge in [-0.05, 0) is 30.3 Å². The van der Waals surface area contributed by atoms with Crippen molar-refractivity contribution in [1.29, 1.82) is 0 Å². The summed E-state index contributed by atoms with van der Waals surface area (Å²) in [6.45, 7) is 0. The summed E-state index contributed by atoms with van der Waals surface area (Å²) < 4.78 is 43.2. The van der Waals surface area contributed by atoms with Crippen LogP contribution < -0.4 is 10.2 Å². The average molecular weight is 417 g/mol.